The second kappa shape index (κ2) is 5.92. The summed E-state index contributed by atoms with van der Waals surface area (Å²) >= 11 is 3.05. The van der Waals surface area contributed by atoms with Crippen LogP contribution in [0.25, 0.3) is 0 Å². The van der Waals surface area contributed by atoms with Crippen LogP contribution in [-0.2, 0) is 9.59 Å². The maximum Gasteiger partial charge on any atom is 0.573 e. The molecule has 1 aromatic carbocycles. The Morgan fingerprint density at radius 2 is 2.00 bits per heavy atom. The van der Waals surface area contributed by atoms with Crippen molar-refractivity contribution in [2.24, 2.45) is 0 Å². The second-order valence-electron chi connectivity index (χ2n) is 4.23. The van der Waals surface area contributed by atoms with E-state index in [-0.39, 0.29) is 31.1 Å². The third-order valence-corrected chi connectivity index (χ3v) is 3.23. The molecule has 0 aromatic heterocycles. The first-order chi connectivity index (χ1) is 9.76. The topological polar surface area (TPSA) is 58.6 Å². The molecule has 0 aliphatic carbocycles. The lowest BCUT2D eigenvalue weighted by atomic mass is 10.2. The van der Waals surface area contributed by atoms with Crippen LogP contribution in [0.3, 0.4) is 0 Å². The molecule has 1 fully saturated rings. The van der Waals surface area contributed by atoms with E-state index in [1.165, 1.54) is 12.1 Å². The largest absolute Gasteiger partial charge is 0.573 e. The Balaban J connectivity index is 2.37. The molecule has 0 atom stereocenters. The fourth-order valence-electron chi connectivity index (χ4n) is 1.87. The van der Waals surface area contributed by atoms with Crippen LogP contribution in [0.1, 0.15) is 6.42 Å². The van der Waals surface area contributed by atoms with Gasteiger partial charge < -0.3 is 15.0 Å². The molecule has 114 valence electrons. The Morgan fingerprint density at radius 3 is 2.67 bits per heavy atom. The van der Waals surface area contributed by atoms with Gasteiger partial charge in [0.25, 0.3) is 0 Å². The first kappa shape index (κ1) is 15.6. The van der Waals surface area contributed by atoms with Crippen LogP contribution in [0, 0.1) is 0 Å². The number of alkyl halides is 3. The van der Waals surface area contributed by atoms with Crippen molar-refractivity contribution in [3.8, 4) is 5.75 Å². The van der Waals surface area contributed by atoms with Crippen molar-refractivity contribution in [3.63, 3.8) is 0 Å². The predicted octanol–water partition coefficient (Wildman–Crippen LogP) is 2.20. The SMILES string of the molecule is O=C1CCN(c2ccc(Br)cc2OC(F)(F)F)C(=O)CN1. The zero-order valence-electron chi connectivity index (χ0n) is 10.5. The van der Waals surface area contributed by atoms with Crippen molar-refractivity contribution >= 4 is 33.4 Å². The van der Waals surface area contributed by atoms with Crippen LogP contribution >= 0.6 is 15.9 Å². The number of carbonyl (C=O) groups excluding carboxylic acids is 2. The number of carbonyl (C=O) groups is 2. The normalized spacial score (nSPS) is 16.5. The molecule has 1 saturated heterocycles. The quantitative estimate of drug-likeness (QED) is 0.872. The lowest BCUT2D eigenvalue weighted by molar-refractivity contribution is -0.274. The molecule has 5 nitrogen and oxygen atoms in total. The van der Waals surface area contributed by atoms with E-state index in [1.54, 1.807) is 0 Å². The van der Waals surface area contributed by atoms with Crippen LogP contribution in [0.15, 0.2) is 22.7 Å². The van der Waals surface area contributed by atoms with E-state index < -0.39 is 18.0 Å². The Morgan fingerprint density at radius 1 is 1.29 bits per heavy atom. The van der Waals surface area contributed by atoms with E-state index in [0.29, 0.717) is 4.47 Å². The number of rotatable bonds is 2. The van der Waals surface area contributed by atoms with Crippen LogP contribution in [0.4, 0.5) is 18.9 Å². The van der Waals surface area contributed by atoms with Crippen molar-refractivity contribution in [1.29, 1.82) is 0 Å². The van der Waals surface area contributed by atoms with Gasteiger partial charge in [0.2, 0.25) is 11.8 Å². The molecule has 0 saturated carbocycles. The number of nitrogens with zero attached hydrogens (tertiary/aromatic N) is 1. The monoisotopic (exact) mass is 366 g/mol. The molecule has 0 unspecified atom stereocenters. The maximum absolute atomic E-state index is 12.5. The molecule has 1 aliphatic heterocycles. The number of anilines is 1. The minimum Gasteiger partial charge on any atom is -0.404 e. The third kappa shape index (κ3) is 4.10. The predicted molar refractivity (Wildman–Crippen MR) is 70.8 cm³/mol. The van der Waals surface area contributed by atoms with Crippen molar-refractivity contribution < 1.29 is 27.5 Å². The van der Waals surface area contributed by atoms with Gasteiger partial charge in [0.15, 0.2) is 5.75 Å². The summed E-state index contributed by atoms with van der Waals surface area (Å²) in [5.41, 5.74) is -0.0305. The Labute approximate surface area is 126 Å². The van der Waals surface area contributed by atoms with E-state index in [0.717, 1.165) is 11.0 Å². The molecule has 1 aliphatic rings. The minimum absolute atomic E-state index is 0.00720. The van der Waals surface area contributed by atoms with Crippen LogP contribution in [-0.4, -0.2) is 31.3 Å². The van der Waals surface area contributed by atoms with Crippen LogP contribution in [0.5, 0.6) is 5.75 Å². The number of ether oxygens (including phenoxy) is 1. The standard InChI is InChI=1S/C12H10BrF3N2O3/c13-7-1-2-8(9(5-7)21-12(14,15)16)18-4-3-10(19)17-6-11(18)20/h1-2,5H,3-4,6H2,(H,17,19). The highest BCUT2D eigenvalue weighted by Gasteiger charge is 2.34. The van der Waals surface area contributed by atoms with Gasteiger partial charge in [0.05, 0.1) is 12.2 Å². The average Bonchev–Trinajstić information content (AvgIpc) is 2.51. The van der Waals surface area contributed by atoms with Crippen LogP contribution < -0.4 is 15.0 Å². The summed E-state index contributed by atoms with van der Waals surface area (Å²) in [6.07, 6.45) is -4.87. The highest BCUT2D eigenvalue weighted by Crippen LogP contribution is 2.35. The minimum atomic E-state index is -4.88. The molecule has 2 rings (SSSR count). The average molecular weight is 367 g/mol. The highest BCUT2D eigenvalue weighted by molar-refractivity contribution is 9.10. The summed E-state index contributed by atoms with van der Waals surface area (Å²) in [6.45, 7) is -0.277. The maximum atomic E-state index is 12.5. The molecule has 1 heterocycles. The van der Waals surface area contributed by atoms with E-state index in [2.05, 4.69) is 26.0 Å². The zero-order valence-corrected chi connectivity index (χ0v) is 12.1. The Kier molecular flexibility index (Phi) is 4.40. The van der Waals surface area contributed by atoms with E-state index in [1.807, 2.05) is 0 Å². The second-order valence-corrected chi connectivity index (χ2v) is 5.15. The van der Waals surface area contributed by atoms with Gasteiger partial charge >= 0.3 is 6.36 Å². The molecular weight excluding hydrogens is 357 g/mol. The van der Waals surface area contributed by atoms with Crippen molar-refractivity contribution in [1.82, 2.24) is 5.32 Å². The summed E-state index contributed by atoms with van der Waals surface area (Å²) < 4.78 is 41.7. The first-order valence-electron chi connectivity index (χ1n) is 5.88. The fourth-order valence-corrected chi connectivity index (χ4v) is 2.21. The van der Waals surface area contributed by atoms with E-state index >= 15 is 0 Å². The highest BCUT2D eigenvalue weighted by atomic mass is 79.9. The molecular formula is C12H10BrF3N2O3. The summed E-state index contributed by atoms with van der Waals surface area (Å²) in [4.78, 5) is 24.3. The third-order valence-electron chi connectivity index (χ3n) is 2.74. The lowest BCUT2D eigenvalue weighted by Crippen LogP contribution is -2.35. The summed E-state index contributed by atoms with van der Waals surface area (Å²) in [6, 6.07) is 3.95. The van der Waals surface area contributed by atoms with Gasteiger partial charge in [-0.25, -0.2) is 0 Å². The molecule has 0 spiro atoms. The number of hydrogen-bond donors (Lipinski definition) is 1. The van der Waals surface area contributed by atoms with Gasteiger partial charge in [0.1, 0.15) is 0 Å². The molecule has 21 heavy (non-hydrogen) atoms. The van der Waals surface area contributed by atoms with Gasteiger partial charge in [-0.3, -0.25) is 9.59 Å². The van der Waals surface area contributed by atoms with E-state index in [4.69, 9.17) is 0 Å². The number of halogens is 4. The lowest BCUT2D eigenvalue weighted by Gasteiger charge is -2.23. The zero-order chi connectivity index (χ0) is 15.6. The fraction of sp³-hybridized carbons (Fsp3) is 0.333. The van der Waals surface area contributed by atoms with Gasteiger partial charge in [-0.2, -0.15) is 0 Å². The summed E-state index contributed by atoms with van der Waals surface area (Å²) in [5, 5.41) is 2.37. The van der Waals surface area contributed by atoms with E-state index in [9.17, 15) is 22.8 Å². The first-order valence-corrected chi connectivity index (χ1v) is 6.68. The van der Waals surface area contributed by atoms with Crippen molar-refractivity contribution in [2.45, 2.75) is 12.8 Å². The summed E-state index contributed by atoms with van der Waals surface area (Å²) in [5.74, 6) is -1.34. The Bertz CT molecular complexity index is 577. The van der Waals surface area contributed by atoms with Gasteiger partial charge in [-0.15, -0.1) is 13.2 Å². The molecule has 1 aromatic rings. The van der Waals surface area contributed by atoms with Gasteiger partial charge in [0, 0.05) is 17.4 Å². The summed E-state index contributed by atoms with van der Waals surface area (Å²) in [7, 11) is 0. The molecule has 9 heteroatoms. The van der Waals surface area contributed by atoms with Gasteiger partial charge in [-0.05, 0) is 18.2 Å². The molecule has 2 amide bonds. The van der Waals surface area contributed by atoms with Crippen LogP contribution in [0.2, 0.25) is 0 Å². The molecule has 0 radical (unpaired) electrons. The van der Waals surface area contributed by atoms with Gasteiger partial charge in [-0.1, -0.05) is 15.9 Å². The number of hydrogen-bond acceptors (Lipinski definition) is 3. The number of benzene rings is 1. The number of nitrogens with one attached hydrogen (secondary N) is 1. The number of amides is 2. The van der Waals surface area contributed by atoms with Crippen molar-refractivity contribution in [3.05, 3.63) is 22.7 Å². The Hall–Kier alpha value is -1.77. The van der Waals surface area contributed by atoms with Crippen molar-refractivity contribution in [2.75, 3.05) is 18.0 Å². The molecule has 1 N–H and O–H groups in total. The smallest absolute Gasteiger partial charge is 0.404 e. The molecule has 0 bridgehead atoms.